The first-order valence-electron chi connectivity index (χ1n) is 18.7. The Morgan fingerprint density at radius 1 is 0.333 bits per heavy atom. The molecule has 0 saturated heterocycles. The average Bonchev–Trinajstić information content (AvgIpc) is 3.05. The van der Waals surface area contributed by atoms with Crippen molar-refractivity contribution in [3.8, 4) is 5.75 Å². The van der Waals surface area contributed by atoms with Gasteiger partial charge in [-0.2, -0.15) is 0 Å². The van der Waals surface area contributed by atoms with Crippen LogP contribution >= 0.6 is 0 Å². The van der Waals surface area contributed by atoms with Gasteiger partial charge in [0.1, 0.15) is 0 Å². The highest BCUT2D eigenvalue weighted by Crippen LogP contribution is 2.25. The molecule has 0 unspecified atom stereocenters. The summed E-state index contributed by atoms with van der Waals surface area (Å²) in [5.74, 6) is -13.6. The molecular weight excluding hydrogens is 581 g/mol. The molecule has 2 nitrogen and oxygen atoms in total. The summed E-state index contributed by atoms with van der Waals surface area (Å²) < 4.78 is 61.9. The van der Waals surface area contributed by atoms with Gasteiger partial charge in [0.25, 0.3) is 0 Å². The number of hydrogen-bond acceptors (Lipinski definition) is 1. The van der Waals surface area contributed by atoms with E-state index in [0.717, 1.165) is 0 Å². The zero-order valence-corrected chi connectivity index (χ0v) is 29.5. The lowest BCUT2D eigenvalue weighted by molar-refractivity contribution is -0.929. The lowest BCUT2D eigenvalue weighted by Gasteiger charge is -2.39. The normalized spacial score (nSPS) is 11.6. The van der Waals surface area contributed by atoms with Crippen molar-refractivity contribution in [2.75, 3.05) is 26.2 Å². The van der Waals surface area contributed by atoms with E-state index in [1.165, 1.54) is 185 Å². The van der Waals surface area contributed by atoms with E-state index < -0.39 is 34.8 Å². The lowest BCUT2D eigenvalue weighted by Crippen LogP contribution is -2.50. The van der Waals surface area contributed by atoms with Gasteiger partial charge in [0, 0.05) is 0 Å². The molecule has 0 spiro atoms. The van der Waals surface area contributed by atoms with Crippen LogP contribution in [-0.2, 0) is 0 Å². The highest BCUT2D eigenvalue weighted by Gasteiger charge is 2.25. The van der Waals surface area contributed by atoms with Crippen molar-refractivity contribution in [1.29, 1.82) is 0 Å². The van der Waals surface area contributed by atoms with Gasteiger partial charge in [0.2, 0.25) is 0 Å². The second kappa shape index (κ2) is 28.8. The molecule has 1 aromatic carbocycles. The summed E-state index contributed by atoms with van der Waals surface area (Å²) in [5.41, 5.74) is 0. The van der Waals surface area contributed by atoms with E-state index in [0.29, 0.717) is 0 Å². The standard InChI is InChI=1S/C32H68N.C6HF5O/c1-5-9-13-14-15-16-17-18-19-20-21-22-23-24-25-26-27-28-32-33(29-10-6-2,30-11-7-3)31-12-8-4;7-1-2(8)4(10)6(12)5(11)3(1)9/h5-32H2,1-4H3;12H/q+1;/p-1. The smallest absolute Gasteiger partial charge is 0.200 e. The van der Waals surface area contributed by atoms with Crippen molar-refractivity contribution in [3.05, 3.63) is 29.1 Å². The van der Waals surface area contributed by atoms with Gasteiger partial charge in [0.15, 0.2) is 29.1 Å². The van der Waals surface area contributed by atoms with Crippen LogP contribution in [0.4, 0.5) is 22.0 Å². The summed E-state index contributed by atoms with van der Waals surface area (Å²) in [6.07, 6.45) is 34.9. The molecule has 266 valence electrons. The van der Waals surface area contributed by atoms with Crippen molar-refractivity contribution in [3.63, 3.8) is 0 Å². The van der Waals surface area contributed by atoms with E-state index in [1.807, 2.05) is 0 Å². The molecule has 0 saturated carbocycles. The molecule has 0 heterocycles. The first-order chi connectivity index (χ1) is 21.7. The molecule has 1 aromatic rings. The fourth-order valence-corrected chi connectivity index (χ4v) is 6.09. The largest absolute Gasteiger partial charge is 0.868 e. The molecule has 45 heavy (non-hydrogen) atoms. The number of nitrogens with zero attached hydrogens (tertiary/aromatic N) is 1. The molecule has 0 fully saturated rings. The summed E-state index contributed by atoms with van der Waals surface area (Å²) >= 11 is 0. The average molecular weight is 650 g/mol. The first-order valence-corrected chi connectivity index (χ1v) is 18.7. The van der Waals surface area contributed by atoms with Gasteiger partial charge in [-0.1, -0.05) is 150 Å². The van der Waals surface area contributed by atoms with Gasteiger partial charge in [-0.25, -0.2) is 22.0 Å². The maximum atomic E-state index is 12.1. The van der Waals surface area contributed by atoms with E-state index in [9.17, 15) is 27.1 Å². The fourth-order valence-electron chi connectivity index (χ4n) is 6.09. The van der Waals surface area contributed by atoms with Crippen LogP contribution in [0.5, 0.6) is 5.75 Å². The van der Waals surface area contributed by atoms with Crippen LogP contribution in [0, 0.1) is 29.1 Å². The second-order valence-corrected chi connectivity index (χ2v) is 13.2. The van der Waals surface area contributed by atoms with Crippen molar-refractivity contribution < 1.29 is 31.5 Å². The number of benzene rings is 1. The Kier molecular flexibility index (Phi) is 27.9. The number of quaternary nitrogens is 1. The summed E-state index contributed by atoms with van der Waals surface area (Å²) in [4.78, 5) is 0. The minimum absolute atomic E-state index is 1.36. The third-order valence-electron chi connectivity index (χ3n) is 9.11. The molecule has 0 aromatic heterocycles. The SMILES string of the molecule is CCCCCCCCCCCCCCCCCCCC[N+](CCCC)(CCCC)CCCC.[O-]c1c(F)c(F)c(F)c(F)c1F. The van der Waals surface area contributed by atoms with E-state index in [1.54, 1.807) is 0 Å². The second-order valence-electron chi connectivity index (χ2n) is 13.2. The van der Waals surface area contributed by atoms with E-state index in [-0.39, 0.29) is 0 Å². The highest BCUT2D eigenvalue weighted by molar-refractivity contribution is 5.26. The maximum absolute atomic E-state index is 12.1. The predicted octanol–water partition coefficient (Wildman–Crippen LogP) is 12.7. The van der Waals surface area contributed by atoms with Crippen LogP contribution in [0.15, 0.2) is 0 Å². The summed E-state index contributed by atoms with van der Waals surface area (Å²) in [5, 5.41) is 10.2. The van der Waals surface area contributed by atoms with Gasteiger partial charge in [-0.05, 0) is 37.9 Å². The Morgan fingerprint density at radius 2 is 0.556 bits per heavy atom. The van der Waals surface area contributed by atoms with Gasteiger partial charge >= 0.3 is 0 Å². The molecule has 0 aliphatic carbocycles. The van der Waals surface area contributed by atoms with Crippen LogP contribution in [0.25, 0.3) is 0 Å². The summed E-state index contributed by atoms with van der Waals surface area (Å²) in [6.45, 7) is 15.2. The molecule has 0 radical (unpaired) electrons. The Hall–Kier alpha value is -1.37. The molecule has 0 N–H and O–H groups in total. The zero-order chi connectivity index (χ0) is 33.8. The third-order valence-corrected chi connectivity index (χ3v) is 9.11. The molecular formula is C38H68F5NO. The monoisotopic (exact) mass is 650 g/mol. The number of halogens is 5. The van der Waals surface area contributed by atoms with Crippen LogP contribution < -0.4 is 5.11 Å². The molecule has 0 bridgehead atoms. The topological polar surface area (TPSA) is 23.1 Å². The molecule has 0 amide bonds. The third kappa shape index (κ3) is 20.5. The van der Waals surface area contributed by atoms with Crippen LogP contribution in [0.1, 0.15) is 182 Å². The van der Waals surface area contributed by atoms with Crippen molar-refractivity contribution in [2.45, 2.75) is 182 Å². The molecule has 7 heteroatoms. The Bertz CT molecular complexity index is 708. The quantitative estimate of drug-likeness (QED) is 0.0291. The minimum Gasteiger partial charge on any atom is -0.868 e. The van der Waals surface area contributed by atoms with Crippen molar-refractivity contribution in [1.82, 2.24) is 0 Å². The highest BCUT2D eigenvalue weighted by atomic mass is 19.2. The predicted molar refractivity (Wildman–Crippen MR) is 179 cm³/mol. The number of hydrogen-bond donors (Lipinski definition) is 0. The molecule has 0 atom stereocenters. The van der Waals surface area contributed by atoms with Crippen molar-refractivity contribution in [2.24, 2.45) is 0 Å². The fraction of sp³-hybridized carbons (Fsp3) is 0.842. The van der Waals surface area contributed by atoms with E-state index in [2.05, 4.69) is 27.7 Å². The van der Waals surface area contributed by atoms with E-state index in [4.69, 9.17) is 0 Å². The van der Waals surface area contributed by atoms with Gasteiger partial charge in [-0.3, -0.25) is 0 Å². The van der Waals surface area contributed by atoms with Crippen LogP contribution in [0.2, 0.25) is 0 Å². The molecule has 0 aliphatic heterocycles. The zero-order valence-electron chi connectivity index (χ0n) is 29.5. The number of unbranched alkanes of at least 4 members (excludes halogenated alkanes) is 20. The van der Waals surface area contributed by atoms with Crippen LogP contribution in [0.3, 0.4) is 0 Å². The minimum atomic E-state index is -2.33. The summed E-state index contributed by atoms with van der Waals surface area (Å²) in [6, 6.07) is 0. The first kappa shape index (κ1) is 43.6. The Labute approximate surface area is 274 Å². The Balaban J connectivity index is 0.00000133. The lowest BCUT2D eigenvalue weighted by atomic mass is 10.0. The maximum Gasteiger partial charge on any atom is 0.200 e. The van der Waals surface area contributed by atoms with Crippen LogP contribution in [-0.4, -0.2) is 30.7 Å². The molecule has 0 aliphatic rings. The van der Waals surface area contributed by atoms with Crippen molar-refractivity contribution >= 4 is 0 Å². The van der Waals surface area contributed by atoms with E-state index >= 15 is 0 Å². The summed E-state index contributed by atoms with van der Waals surface area (Å²) in [7, 11) is 0. The number of rotatable bonds is 28. The van der Waals surface area contributed by atoms with Gasteiger partial charge in [-0.15, -0.1) is 0 Å². The Morgan fingerprint density at radius 3 is 0.844 bits per heavy atom. The van der Waals surface area contributed by atoms with Gasteiger partial charge < -0.3 is 9.59 Å². The molecule has 1 rings (SSSR count). The van der Waals surface area contributed by atoms with Gasteiger partial charge in [0.05, 0.1) is 26.2 Å².